The topological polar surface area (TPSA) is 76.5 Å². The van der Waals surface area contributed by atoms with Gasteiger partial charge in [0.05, 0.1) is 13.7 Å². The second-order valence-corrected chi connectivity index (χ2v) is 5.40. The highest BCUT2D eigenvalue weighted by Crippen LogP contribution is 2.16. The molecule has 0 saturated heterocycles. The van der Waals surface area contributed by atoms with Gasteiger partial charge in [-0.15, -0.1) is 5.10 Å². The van der Waals surface area contributed by atoms with Crippen molar-refractivity contribution in [3.8, 4) is 5.88 Å². The van der Waals surface area contributed by atoms with Gasteiger partial charge in [0, 0.05) is 38.5 Å². The van der Waals surface area contributed by atoms with Gasteiger partial charge in [0.2, 0.25) is 11.8 Å². The van der Waals surface area contributed by atoms with Crippen LogP contribution in [-0.4, -0.2) is 47.2 Å². The summed E-state index contributed by atoms with van der Waals surface area (Å²) in [6, 6.07) is 3.10. The summed E-state index contributed by atoms with van der Waals surface area (Å²) < 4.78 is 32.8. The minimum absolute atomic E-state index is 0.108. The van der Waals surface area contributed by atoms with Crippen LogP contribution in [0.4, 0.5) is 8.78 Å². The third kappa shape index (κ3) is 4.52. The molecule has 0 saturated carbocycles. The van der Waals surface area contributed by atoms with E-state index in [4.69, 9.17) is 4.74 Å². The van der Waals surface area contributed by atoms with Gasteiger partial charge < -0.3 is 15.0 Å². The van der Waals surface area contributed by atoms with Crippen molar-refractivity contribution in [2.24, 2.45) is 7.05 Å². The van der Waals surface area contributed by atoms with Crippen LogP contribution < -0.4 is 10.1 Å². The third-order valence-electron chi connectivity index (χ3n) is 3.44. The lowest BCUT2D eigenvalue weighted by molar-refractivity contribution is -0.121. The molecule has 2 aromatic rings. The van der Waals surface area contributed by atoms with E-state index in [0.29, 0.717) is 0 Å². The van der Waals surface area contributed by atoms with Crippen molar-refractivity contribution in [1.29, 1.82) is 0 Å². The molecule has 0 aliphatic heterocycles. The van der Waals surface area contributed by atoms with E-state index in [1.807, 2.05) is 0 Å². The van der Waals surface area contributed by atoms with E-state index in [2.05, 4.69) is 10.4 Å². The molecule has 0 aliphatic rings. The highest BCUT2D eigenvalue weighted by molar-refractivity contribution is 5.98. The summed E-state index contributed by atoms with van der Waals surface area (Å²) in [5.41, 5.74) is 0.377. The molecule has 134 valence electrons. The Hall–Kier alpha value is -2.97. The van der Waals surface area contributed by atoms with Crippen LogP contribution in [0.1, 0.15) is 15.9 Å². The quantitative estimate of drug-likeness (QED) is 0.845. The van der Waals surface area contributed by atoms with E-state index in [1.165, 1.54) is 36.0 Å². The van der Waals surface area contributed by atoms with Crippen molar-refractivity contribution in [3.05, 3.63) is 47.2 Å². The highest BCUT2D eigenvalue weighted by atomic mass is 19.1. The van der Waals surface area contributed by atoms with Crippen molar-refractivity contribution < 1.29 is 23.1 Å². The van der Waals surface area contributed by atoms with Gasteiger partial charge >= 0.3 is 0 Å². The maximum atomic E-state index is 13.5. The number of nitrogens with one attached hydrogen (secondary N) is 1. The molecular formula is C16H18F2N4O3. The molecule has 0 bridgehead atoms. The lowest BCUT2D eigenvalue weighted by Gasteiger charge is -2.16. The van der Waals surface area contributed by atoms with E-state index in [1.54, 1.807) is 7.05 Å². The fourth-order valence-corrected chi connectivity index (χ4v) is 2.17. The zero-order chi connectivity index (χ0) is 18.6. The Morgan fingerprint density at radius 3 is 2.72 bits per heavy atom. The number of aromatic nitrogens is 2. The highest BCUT2D eigenvalue weighted by Gasteiger charge is 2.21. The summed E-state index contributed by atoms with van der Waals surface area (Å²) in [5.74, 6) is -2.20. The molecule has 0 radical (unpaired) electrons. The Labute approximate surface area is 143 Å². The number of hydrogen-bond acceptors (Lipinski definition) is 4. The van der Waals surface area contributed by atoms with E-state index in [9.17, 15) is 18.4 Å². The van der Waals surface area contributed by atoms with Gasteiger partial charge in [0.15, 0.2) is 0 Å². The number of carbonyl (C=O) groups is 2. The predicted octanol–water partition coefficient (Wildman–Crippen LogP) is 1.10. The van der Waals surface area contributed by atoms with Crippen molar-refractivity contribution in [2.45, 2.75) is 6.54 Å². The first-order chi connectivity index (χ1) is 11.8. The number of aryl methyl sites for hydroxylation is 1. The minimum atomic E-state index is -0.746. The van der Waals surface area contributed by atoms with Crippen LogP contribution in [0, 0.1) is 11.6 Å². The van der Waals surface area contributed by atoms with Gasteiger partial charge in [-0.2, -0.15) is 0 Å². The van der Waals surface area contributed by atoms with Crippen LogP contribution in [0.15, 0.2) is 24.4 Å². The average molecular weight is 352 g/mol. The van der Waals surface area contributed by atoms with E-state index in [-0.39, 0.29) is 30.1 Å². The van der Waals surface area contributed by atoms with E-state index < -0.39 is 23.4 Å². The summed E-state index contributed by atoms with van der Waals surface area (Å²) in [7, 11) is 4.49. The van der Waals surface area contributed by atoms with Gasteiger partial charge in [-0.05, 0) is 6.07 Å². The molecule has 0 spiro atoms. The molecule has 9 heteroatoms. The number of hydrogen-bond donors (Lipinski definition) is 1. The molecule has 7 nitrogen and oxygen atoms in total. The molecule has 2 amide bonds. The first-order valence-corrected chi connectivity index (χ1v) is 7.35. The van der Waals surface area contributed by atoms with Crippen LogP contribution in [0.3, 0.4) is 0 Å². The minimum Gasteiger partial charge on any atom is -0.479 e. The number of methoxy groups -OCH3 is 1. The largest absolute Gasteiger partial charge is 0.479 e. The fourth-order valence-electron chi connectivity index (χ4n) is 2.17. The molecule has 0 fully saturated rings. The maximum Gasteiger partial charge on any atom is 0.261 e. The van der Waals surface area contributed by atoms with Gasteiger partial charge in [-0.1, -0.05) is 6.07 Å². The lowest BCUT2D eigenvalue weighted by Crippen LogP contribution is -2.38. The number of ether oxygens (including phenoxy) is 1. The number of rotatable bonds is 6. The standard InChI is InChI=1S/C16H18F2N4O3/c1-21(16(24)12-8-22(2)20-15(12)25-3)9-14(23)19-7-10-4-5-11(17)6-13(10)18/h4-6,8H,7,9H2,1-3H3,(H,19,23). The molecule has 1 aromatic carbocycles. The van der Waals surface area contributed by atoms with Crippen molar-refractivity contribution in [3.63, 3.8) is 0 Å². The van der Waals surface area contributed by atoms with Crippen LogP contribution in [0.25, 0.3) is 0 Å². The number of carbonyl (C=O) groups excluding carboxylic acids is 2. The van der Waals surface area contributed by atoms with Crippen molar-refractivity contribution >= 4 is 11.8 Å². The molecule has 2 rings (SSSR count). The zero-order valence-electron chi connectivity index (χ0n) is 14.0. The Morgan fingerprint density at radius 2 is 2.08 bits per heavy atom. The lowest BCUT2D eigenvalue weighted by atomic mass is 10.2. The summed E-state index contributed by atoms with van der Waals surface area (Å²) >= 11 is 0. The monoisotopic (exact) mass is 352 g/mol. The summed E-state index contributed by atoms with van der Waals surface area (Å²) in [5, 5.41) is 6.46. The summed E-state index contributed by atoms with van der Waals surface area (Å²) in [6.45, 7) is -0.344. The first-order valence-electron chi connectivity index (χ1n) is 7.35. The molecule has 1 aromatic heterocycles. The number of halogens is 2. The molecule has 0 atom stereocenters. The molecule has 0 aliphatic carbocycles. The number of nitrogens with zero attached hydrogens (tertiary/aromatic N) is 3. The van der Waals surface area contributed by atoms with Crippen molar-refractivity contribution in [1.82, 2.24) is 20.0 Å². The molecular weight excluding hydrogens is 334 g/mol. The Kier molecular flexibility index (Phi) is 5.68. The van der Waals surface area contributed by atoms with Gasteiger partial charge in [-0.3, -0.25) is 14.3 Å². The Balaban J connectivity index is 1.94. The third-order valence-corrected chi connectivity index (χ3v) is 3.44. The summed E-state index contributed by atoms with van der Waals surface area (Å²) in [4.78, 5) is 25.5. The molecule has 1 heterocycles. The molecule has 0 unspecified atom stereocenters. The van der Waals surface area contributed by atoms with Crippen LogP contribution in [-0.2, 0) is 18.4 Å². The van der Waals surface area contributed by atoms with E-state index in [0.717, 1.165) is 12.1 Å². The average Bonchev–Trinajstić information content (AvgIpc) is 2.94. The zero-order valence-corrected chi connectivity index (χ0v) is 14.0. The van der Waals surface area contributed by atoms with Gasteiger partial charge in [0.25, 0.3) is 5.91 Å². The predicted molar refractivity (Wildman–Crippen MR) is 84.9 cm³/mol. The number of likely N-dealkylation sites (N-methyl/N-ethyl adjacent to an activating group) is 1. The van der Waals surface area contributed by atoms with Gasteiger partial charge in [0.1, 0.15) is 17.2 Å². The Morgan fingerprint density at radius 1 is 1.36 bits per heavy atom. The summed E-state index contributed by atoms with van der Waals surface area (Å²) in [6.07, 6.45) is 1.49. The molecule has 25 heavy (non-hydrogen) atoms. The number of amides is 2. The van der Waals surface area contributed by atoms with Crippen molar-refractivity contribution in [2.75, 3.05) is 20.7 Å². The Bertz CT molecular complexity index is 792. The first kappa shape index (κ1) is 18.4. The maximum absolute atomic E-state index is 13.5. The SMILES string of the molecule is COc1nn(C)cc1C(=O)N(C)CC(=O)NCc1ccc(F)cc1F. The fraction of sp³-hybridized carbons (Fsp3) is 0.312. The van der Waals surface area contributed by atoms with E-state index >= 15 is 0 Å². The van der Waals surface area contributed by atoms with Crippen LogP contribution in [0.5, 0.6) is 5.88 Å². The second-order valence-electron chi connectivity index (χ2n) is 5.40. The van der Waals surface area contributed by atoms with Gasteiger partial charge in [-0.25, -0.2) is 8.78 Å². The normalized spacial score (nSPS) is 10.4. The molecule has 1 N–H and O–H groups in total. The second kappa shape index (κ2) is 7.73. The smallest absolute Gasteiger partial charge is 0.261 e. The number of benzene rings is 1. The van der Waals surface area contributed by atoms with Crippen LogP contribution >= 0.6 is 0 Å². The van der Waals surface area contributed by atoms with Crippen LogP contribution in [0.2, 0.25) is 0 Å².